The molecule has 0 heterocycles. The van der Waals surface area contributed by atoms with Crippen molar-refractivity contribution in [1.29, 1.82) is 0 Å². The maximum absolute atomic E-state index is 11.6. The number of nitrogens with one attached hydrogen (secondary N) is 2. The van der Waals surface area contributed by atoms with E-state index >= 15 is 0 Å². The summed E-state index contributed by atoms with van der Waals surface area (Å²) < 4.78 is 0. The molecule has 0 bridgehead atoms. The zero-order valence-corrected chi connectivity index (χ0v) is 12.2. The smallest absolute Gasteiger partial charge is 0.223 e. The predicted molar refractivity (Wildman–Crippen MR) is 80.4 cm³/mol. The average Bonchev–Trinajstić information content (AvgIpc) is 3.30. The van der Waals surface area contributed by atoms with Gasteiger partial charge < -0.3 is 10.6 Å². The maximum atomic E-state index is 11.6. The van der Waals surface area contributed by atoms with Gasteiger partial charge in [0.1, 0.15) is 0 Å². The van der Waals surface area contributed by atoms with E-state index in [-0.39, 0.29) is 5.91 Å². The van der Waals surface area contributed by atoms with Crippen molar-refractivity contribution in [3.05, 3.63) is 35.4 Å². The average molecular weight is 272 g/mol. The van der Waals surface area contributed by atoms with Crippen molar-refractivity contribution in [1.82, 2.24) is 10.6 Å². The molecule has 0 aliphatic heterocycles. The number of benzene rings is 1. The first-order chi connectivity index (χ1) is 9.74. The second kappa shape index (κ2) is 5.96. The van der Waals surface area contributed by atoms with Crippen LogP contribution in [0.5, 0.6) is 0 Å². The Bertz CT molecular complexity index is 460. The molecule has 2 saturated carbocycles. The van der Waals surface area contributed by atoms with Gasteiger partial charge in [-0.05, 0) is 44.1 Å². The highest BCUT2D eigenvalue weighted by Gasteiger charge is 2.32. The number of hydrogen-bond donors (Lipinski definition) is 2. The van der Waals surface area contributed by atoms with Crippen LogP contribution >= 0.6 is 0 Å². The summed E-state index contributed by atoms with van der Waals surface area (Å²) >= 11 is 0. The first kappa shape index (κ1) is 13.6. The highest BCUT2D eigenvalue weighted by Crippen LogP contribution is 2.40. The van der Waals surface area contributed by atoms with E-state index < -0.39 is 0 Å². The molecule has 3 heteroatoms. The summed E-state index contributed by atoms with van der Waals surface area (Å²) in [7, 11) is 0. The molecule has 108 valence electrons. The summed E-state index contributed by atoms with van der Waals surface area (Å²) in [5.41, 5.74) is 2.69. The number of rotatable bonds is 7. The number of amides is 1. The lowest BCUT2D eigenvalue weighted by Gasteiger charge is -2.19. The highest BCUT2D eigenvalue weighted by atomic mass is 16.2. The van der Waals surface area contributed by atoms with Gasteiger partial charge >= 0.3 is 0 Å². The molecule has 2 aliphatic carbocycles. The quantitative estimate of drug-likeness (QED) is 0.749. The molecule has 1 aromatic carbocycles. The molecule has 1 amide bonds. The van der Waals surface area contributed by atoms with Gasteiger partial charge in [-0.15, -0.1) is 0 Å². The Labute approximate surface area is 121 Å². The first-order valence-electron chi connectivity index (χ1n) is 7.81. The molecule has 2 N–H and O–H groups in total. The SMILES string of the molecule is Cc1ccc(C(NCCNC(=O)C2CC2)C2CC2)cc1. The Morgan fingerprint density at radius 2 is 1.85 bits per heavy atom. The Hall–Kier alpha value is -1.35. The lowest BCUT2D eigenvalue weighted by atomic mass is 10.0. The molecule has 1 unspecified atom stereocenters. The lowest BCUT2D eigenvalue weighted by Crippen LogP contribution is -2.34. The molecule has 2 aliphatic rings. The fourth-order valence-corrected chi connectivity index (χ4v) is 2.66. The van der Waals surface area contributed by atoms with Crippen LogP contribution in [-0.4, -0.2) is 19.0 Å². The van der Waals surface area contributed by atoms with Crippen LogP contribution in [0, 0.1) is 18.8 Å². The number of hydrogen-bond acceptors (Lipinski definition) is 2. The van der Waals surface area contributed by atoms with E-state index in [0.29, 0.717) is 12.0 Å². The van der Waals surface area contributed by atoms with E-state index in [4.69, 9.17) is 0 Å². The highest BCUT2D eigenvalue weighted by molar-refractivity contribution is 5.80. The fourth-order valence-electron chi connectivity index (χ4n) is 2.66. The van der Waals surface area contributed by atoms with E-state index in [2.05, 4.69) is 41.8 Å². The molecule has 20 heavy (non-hydrogen) atoms. The van der Waals surface area contributed by atoms with Gasteiger partial charge in [0.25, 0.3) is 0 Å². The molecule has 0 aromatic heterocycles. The zero-order valence-electron chi connectivity index (χ0n) is 12.2. The minimum atomic E-state index is 0.241. The van der Waals surface area contributed by atoms with Gasteiger partial charge in [0.2, 0.25) is 5.91 Å². The zero-order chi connectivity index (χ0) is 13.9. The van der Waals surface area contributed by atoms with Gasteiger partial charge in [0.05, 0.1) is 0 Å². The summed E-state index contributed by atoms with van der Waals surface area (Å²) in [4.78, 5) is 11.6. The van der Waals surface area contributed by atoms with Gasteiger partial charge in [-0.2, -0.15) is 0 Å². The third kappa shape index (κ3) is 3.60. The third-order valence-electron chi connectivity index (χ3n) is 4.27. The molecule has 3 rings (SSSR count). The van der Waals surface area contributed by atoms with Crippen molar-refractivity contribution >= 4 is 5.91 Å². The Kier molecular flexibility index (Phi) is 4.06. The molecular weight excluding hydrogens is 248 g/mol. The molecular formula is C17H24N2O. The van der Waals surface area contributed by atoms with Crippen molar-refractivity contribution in [3.8, 4) is 0 Å². The van der Waals surface area contributed by atoms with Gasteiger partial charge in [0.15, 0.2) is 0 Å². The van der Waals surface area contributed by atoms with Gasteiger partial charge in [-0.25, -0.2) is 0 Å². The van der Waals surface area contributed by atoms with Crippen LogP contribution in [0.4, 0.5) is 0 Å². The minimum absolute atomic E-state index is 0.241. The van der Waals surface area contributed by atoms with Crippen molar-refractivity contribution in [2.45, 2.75) is 38.6 Å². The monoisotopic (exact) mass is 272 g/mol. The molecule has 0 spiro atoms. The van der Waals surface area contributed by atoms with Crippen LogP contribution in [0.3, 0.4) is 0 Å². The molecule has 0 radical (unpaired) electrons. The Balaban J connectivity index is 1.47. The van der Waals surface area contributed by atoms with Crippen molar-refractivity contribution in [2.24, 2.45) is 11.8 Å². The van der Waals surface area contributed by atoms with Crippen LogP contribution in [-0.2, 0) is 4.79 Å². The van der Waals surface area contributed by atoms with E-state index in [1.165, 1.54) is 24.0 Å². The second-order valence-electron chi connectivity index (χ2n) is 6.25. The van der Waals surface area contributed by atoms with E-state index in [0.717, 1.165) is 31.8 Å². The van der Waals surface area contributed by atoms with Crippen LogP contribution in [0.15, 0.2) is 24.3 Å². The van der Waals surface area contributed by atoms with Crippen LogP contribution in [0.1, 0.15) is 42.9 Å². The summed E-state index contributed by atoms with van der Waals surface area (Å²) in [6.45, 7) is 3.72. The minimum Gasteiger partial charge on any atom is -0.355 e. The van der Waals surface area contributed by atoms with E-state index in [9.17, 15) is 4.79 Å². The summed E-state index contributed by atoms with van der Waals surface area (Å²) in [5, 5.41) is 6.64. The molecule has 3 nitrogen and oxygen atoms in total. The van der Waals surface area contributed by atoms with Crippen LogP contribution in [0.2, 0.25) is 0 Å². The topological polar surface area (TPSA) is 41.1 Å². The van der Waals surface area contributed by atoms with Crippen LogP contribution in [0.25, 0.3) is 0 Å². The molecule has 2 fully saturated rings. The number of carbonyl (C=O) groups excluding carboxylic acids is 1. The third-order valence-corrected chi connectivity index (χ3v) is 4.27. The first-order valence-corrected chi connectivity index (χ1v) is 7.81. The van der Waals surface area contributed by atoms with Crippen molar-refractivity contribution in [2.75, 3.05) is 13.1 Å². The predicted octanol–water partition coefficient (Wildman–Crippen LogP) is 2.56. The number of aryl methyl sites for hydroxylation is 1. The second-order valence-corrected chi connectivity index (χ2v) is 6.25. The Morgan fingerprint density at radius 1 is 1.15 bits per heavy atom. The molecule has 1 atom stereocenters. The largest absolute Gasteiger partial charge is 0.355 e. The molecule has 1 aromatic rings. The van der Waals surface area contributed by atoms with Gasteiger partial charge in [-0.1, -0.05) is 29.8 Å². The van der Waals surface area contributed by atoms with Gasteiger partial charge in [-0.3, -0.25) is 4.79 Å². The van der Waals surface area contributed by atoms with Crippen molar-refractivity contribution in [3.63, 3.8) is 0 Å². The van der Waals surface area contributed by atoms with Crippen LogP contribution < -0.4 is 10.6 Å². The Morgan fingerprint density at radius 3 is 2.45 bits per heavy atom. The maximum Gasteiger partial charge on any atom is 0.223 e. The number of carbonyl (C=O) groups is 1. The normalized spacial score (nSPS) is 19.6. The summed E-state index contributed by atoms with van der Waals surface area (Å²) in [6.07, 6.45) is 4.79. The van der Waals surface area contributed by atoms with Crippen molar-refractivity contribution < 1.29 is 4.79 Å². The summed E-state index contributed by atoms with van der Waals surface area (Å²) in [5.74, 6) is 1.33. The standard InChI is InChI=1S/C17H24N2O/c1-12-2-4-13(5-3-12)16(14-6-7-14)18-10-11-19-17(20)15-8-9-15/h2-5,14-16,18H,6-11H2,1H3,(H,19,20). The molecule has 0 saturated heterocycles. The lowest BCUT2D eigenvalue weighted by molar-refractivity contribution is -0.122. The summed E-state index contributed by atoms with van der Waals surface area (Å²) in [6, 6.07) is 9.28. The van der Waals surface area contributed by atoms with E-state index in [1.54, 1.807) is 0 Å². The van der Waals surface area contributed by atoms with E-state index in [1.807, 2.05) is 0 Å². The fraction of sp³-hybridized carbons (Fsp3) is 0.588. The van der Waals surface area contributed by atoms with Gasteiger partial charge in [0, 0.05) is 25.0 Å².